The summed E-state index contributed by atoms with van der Waals surface area (Å²) in [6.07, 6.45) is 5.07. The van der Waals surface area contributed by atoms with Gasteiger partial charge in [-0.05, 0) is 37.2 Å². The summed E-state index contributed by atoms with van der Waals surface area (Å²) in [4.78, 5) is 23.7. The Morgan fingerprint density at radius 1 is 1.17 bits per heavy atom. The van der Waals surface area contributed by atoms with Crippen molar-refractivity contribution in [3.05, 3.63) is 29.3 Å². The molecule has 0 heterocycles. The van der Waals surface area contributed by atoms with Crippen LogP contribution in [0.4, 0.5) is 0 Å². The highest BCUT2D eigenvalue weighted by molar-refractivity contribution is 7.80. The summed E-state index contributed by atoms with van der Waals surface area (Å²) < 4.78 is 5.29. The molecule has 6 nitrogen and oxygen atoms in total. The Labute approximate surface area is 151 Å². The van der Waals surface area contributed by atoms with Gasteiger partial charge in [-0.3, -0.25) is 20.4 Å². The first-order valence-electron chi connectivity index (χ1n) is 7.83. The molecule has 0 spiro atoms. The van der Waals surface area contributed by atoms with Crippen LogP contribution in [0.5, 0.6) is 5.75 Å². The number of nitrogens with one attached hydrogen (secondary N) is 3. The van der Waals surface area contributed by atoms with Gasteiger partial charge >= 0.3 is 0 Å². The number of amides is 2. The minimum atomic E-state index is -0.441. The van der Waals surface area contributed by atoms with Crippen molar-refractivity contribution < 1.29 is 14.3 Å². The molecule has 8 heteroatoms. The van der Waals surface area contributed by atoms with E-state index < -0.39 is 5.91 Å². The van der Waals surface area contributed by atoms with E-state index in [1.165, 1.54) is 6.42 Å². The summed E-state index contributed by atoms with van der Waals surface area (Å²) >= 11 is 10.9. The number of carbonyl (C=O) groups is 2. The molecular formula is C16H20ClN3O3S. The first kappa shape index (κ1) is 18.5. The average molecular weight is 370 g/mol. The summed E-state index contributed by atoms with van der Waals surface area (Å²) in [5.74, 6) is -0.127. The second-order valence-electron chi connectivity index (χ2n) is 5.55. The molecule has 1 fully saturated rings. The Hall–Kier alpha value is -1.86. The second-order valence-corrected chi connectivity index (χ2v) is 6.36. The molecule has 24 heavy (non-hydrogen) atoms. The first-order chi connectivity index (χ1) is 11.6. The fraction of sp³-hybridized carbons (Fsp3) is 0.438. The maximum Gasteiger partial charge on any atom is 0.276 e. The van der Waals surface area contributed by atoms with Gasteiger partial charge in [0.2, 0.25) is 5.91 Å². The van der Waals surface area contributed by atoms with E-state index in [1.54, 1.807) is 24.3 Å². The van der Waals surface area contributed by atoms with Crippen molar-refractivity contribution in [2.24, 2.45) is 5.92 Å². The zero-order chi connectivity index (χ0) is 17.4. The fourth-order valence-electron chi connectivity index (χ4n) is 2.48. The Kier molecular flexibility index (Phi) is 7.27. The zero-order valence-electron chi connectivity index (χ0n) is 13.1. The Bertz CT molecular complexity index is 606. The van der Waals surface area contributed by atoms with Gasteiger partial charge in [-0.1, -0.05) is 43.0 Å². The van der Waals surface area contributed by atoms with Gasteiger partial charge in [-0.2, -0.15) is 0 Å². The van der Waals surface area contributed by atoms with Crippen molar-refractivity contribution >= 4 is 40.7 Å². The van der Waals surface area contributed by atoms with Gasteiger partial charge < -0.3 is 10.1 Å². The molecular weight excluding hydrogens is 350 g/mol. The van der Waals surface area contributed by atoms with Gasteiger partial charge in [0, 0.05) is 5.92 Å². The predicted octanol–water partition coefficient (Wildman–Crippen LogP) is 2.32. The van der Waals surface area contributed by atoms with Gasteiger partial charge in [0.15, 0.2) is 11.7 Å². The number of ether oxygens (including phenoxy) is 1. The van der Waals surface area contributed by atoms with Gasteiger partial charge in [-0.15, -0.1) is 0 Å². The molecule has 1 aliphatic carbocycles. The smallest absolute Gasteiger partial charge is 0.276 e. The van der Waals surface area contributed by atoms with Crippen LogP contribution in [0.3, 0.4) is 0 Å². The minimum absolute atomic E-state index is 0.00208. The molecule has 0 aliphatic heterocycles. The van der Waals surface area contributed by atoms with Crippen LogP contribution < -0.4 is 20.9 Å². The minimum Gasteiger partial charge on any atom is -0.482 e. The highest BCUT2D eigenvalue weighted by Crippen LogP contribution is 2.23. The lowest BCUT2D eigenvalue weighted by atomic mass is 9.89. The van der Waals surface area contributed by atoms with E-state index in [2.05, 4.69) is 16.2 Å². The molecule has 2 amide bonds. The van der Waals surface area contributed by atoms with Crippen LogP contribution in [0.15, 0.2) is 24.3 Å². The van der Waals surface area contributed by atoms with E-state index in [0.717, 1.165) is 25.7 Å². The largest absolute Gasteiger partial charge is 0.482 e. The number of thiocarbonyl (C=S) groups is 1. The standard InChI is InChI=1S/C16H20ClN3O3S/c17-12-8-4-5-9-13(12)23-10-14(21)19-20-16(24)18-15(22)11-6-2-1-3-7-11/h4-5,8-9,11H,1-3,6-7,10H2,(H,19,21)(H2,18,20,22,24). The maximum atomic E-state index is 12.0. The predicted molar refractivity (Wildman–Crippen MR) is 95.5 cm³/mol. The third kappa shape index (κ3) is 5.98. The number of rotatable bonds is 4. The van der Waals surface area contributed by atoms with E-state index in [4.69, 9.17) is 28.6 Å². The highest BCUT2D eigenvalue weighted by atomic mass is 35.5. The number of hydrazine groups is 1. The molecule has 130 valence electrons. The molecule has 0 atom stereocenters. The van der Waals surface area contributed by atoms with Gasteiger partial charge in [0.05, 0.1) is 5.02 Å². The van der Waals surface area contributed by atoms with Crippen molar-refractivity contribution in [2.45, 2.75) is 32.1 Å². The summed E-state index contributed by atoms with van der Waals surface area (Å²) in [5.41, 5.74) is 4.86. The number of benzene rings is 1. The van der Waals surface area contributed by atoms with Gasteiger partial charge in [0.25, 0.3) is 5.91 Å². The molecule has 1 aromatic rings. The number of carbonyl (C=O) groups excluding carboxylic acids is 2. The Balaban J connectivity index is 1.66. The first-order valence-corrected chi connectivity index (χ1v) is 8.62. The monoisotopic (exact) mass is 369 g/mol. The third-order valence-corrected chi connectivity index (χ3v) is 4.24. The molecule has 0 aromatic heterocycles. The van der Waals surface area contributed by atoms with Crippen LogP contribution in [0.25, 0.3) is 0 Å². The summed E-state index contributed by atoms with van der Waals surface area (Å²) in [5, 5.41) is 3.08. The second kappa shape index (κ2) is 9.44. The number of hydrogen-bond donors (Lipinski definition) is 3. The Morgan fingerprint density at radius 2 is 1.88 bits per heavy atom. The molecule has 0 bridgehead atoms. The van der Waals surface area contributed by atoms with Crippen molar-refractivity contribution in [1.82, 2.24) is 16.2 Å². The van der Waals surface area contributed by atoms with Crippen LogP contribution in [0.1, 0.15) is 32.1 Å². The van der Waals surface area contributed by atoms with Gasteiger partial charge in [-0.25, -0.2) is 0 Å². The van der Waals surface area contributed by atoms with E-state index >= 15 is 0 Å². The Morgan fingerprint density at radius 3 is 2.58 bits per heavy atom. The SMILES string of the molecule is O=C(COc1ccccc1Cl)NNC(=S)NC(=O)C1CCCCC1. The summed E-state index contributed by atoms with van der Waals surface area (Å²) in [6.45, 7) is -0.226. The van der Waals surface area contributed by atoms with Crippen molar-refractivity contribution in [3.63, 3.8) is 0 Å². The van der Waals surface area contributed by atoms with E-state index in [-0.39, 0.29) is 23.5 Å². The molecule has 1 aromatic carbocycles. The third-order valence-electron chi connectivity index (χ3n) is 3.72. The molecule has 0 unspecified atom stereocenters. The van der Waals surface area contributed by atoms with Crippen molar-refractivity contribution in [2.75, 3.05) is 6.61 Å². The van der Waals surface area contributed by atoms with E-state index in [0.29, 0.717) is 10.8 Å². The van der Waals surface area contributed by atoms with Crippen LogP contribution in [0, 0.1) is 5.92 Å². The lowest BCUT2D eigenvalue weighted by Crippen LogP contribution is -2.50. The number of para-hydroxylation sites is 1. The number of halogens is 1. The van der Waals surface area contributed by atoms with Crippen LogP contribution in [-0.2, 0) is 9.59 Å². The molecule has 0 saturated heterocycles. The topological polar surface area (TPSA) is 79.5 Å². The molecule has 1 aliphatic rings. The molecule has 3 N–H and O–H groups in total. The van der Waals surface area contributed by atoms with E-state index in [1.807, 2.05) is 0 Å². The van der Waals surface area contributed by atoms with Crippen LogP contribution >= 0.6 is 23.8 Å². The van der Waals surface area contributed by atoms with Crippen LogP contribution in [-0.4, -0.2) is 23.5 Å². The lowest BCUT2D eigenvalue weighted by Gasteiger charge is -2.21. The average Bonchev–Trinajstić information content (AvgIpc) is 2.60. The van der Waals surface area contributed by atoms with Crippen molar-refractivity contribution in [3.8, 4) is 5.75 Å². The van der Waals surface area contributed by atoms with Crippen molar-refractivity contribution in [1.29, 1.82) is 0 Å². The van der Waals surface area contributed by atoms with Gasteiger partial charge in [0.1, 0.15) is 5.75 Å². The quantitative estimate of drug-likeness (QED) is 0.560. The summed E-state index contributed by atoms with van der Waals surface area (Å²) in [7, 11) is 0. The molecule has 2 rings (SSSR count). The normalized spacial score (nSPS) is 14.5. The molecule has 1 saturated carbocycles. The van der Waals surface area contributed by atoms with E-state index in [9.17, 15) is 9.59 Å². The zero-order valence-corrected chi connectivity index (χ0v) is 14.7. The summed E-state index contributed by atoms with van der Waals surface area (Å²) in [6, 6.07) is 6.86. The maximum absolute atomic E-state index is 12.0. The molecule has 0 radical (unpaired) electrons. The lowest BCUT2D eigenvalue weighted by molar-refractivity contribution is -0.125. The highest BCUT2D eigenvalue weighted by Gasteiger charge is 2.21. The van der Waals surface area contributed by atoms with Crippen LogP contribution in [0.2, 0.25) is 5.02 Å². The number of hydrogen-bond acceptors (Lipinski definition) is 4. The fourth-order valence-corrected chi connectivity index (χ4v) is 2.82.